The third-order valence-corrected chi connectivity index (χ3v) is 5.44. The molecule has 3 aromatic rings. The predicted molar refractivity (Wildman–Crippen MR) is 134 cm³/mol. The lowest BCUT2D eigenvalue weighted by molar-refractivity contribution is -0.384. The highest BCUT2D eigenvalue weighted by molar-refractivity contribution is 6.39. The average molecular weight is 521 g/mol. The van der Waals surface area contributed by atoms with Crippen molar-refractivity contribution in [2.45, 2.75) is 0 Å². The van der Waals surface area contributed by atoms with Gasteiger partial charge in [-0.25, -0.2) is 9.69 Å². The number of halogens is 1. The maximum atomic E-state index is 13.0. The van der Waals surface area contributed by atoms with Gasteiger partial charge in [-0.1, -0.05) is 41.9 Å². The molecule has 11 nitrogen and oxygen atoms in total. The van der Waals surface area contributed by atoms with Crippen LogP contribution in [0.2, 0.25) is 5.02 Å². The van der Waals surface area contributed by atoms with E-state index in [1.54, 1.807) is 36.4 Å². The van der Waals surface area contributed by atoms with Crippen molar-refractivity contribution in [1.29, 1.82) is 0 Å². The summed E-state index contributed by atoms with van der Waals surface area (Å²) in [5.41, 5.74) is 0.150. The number of nitrogens with one attached hydrogen (secondary N) is 2. The molecule has 0 bridgehead atoms. The summed E-state index contributed by atoms with van der Waals surface area (Å²) in [6.07, 6.45) is 1.27. The highest BCUT2D eigenvalue weighted by Gasteiger charge is 2.37. The number of nitro groups is 1. The van der Waals surface area contributed by atoms with Gasteiger partial charge in [0.05, 0.1) is 21.3 Å². The van der Waals surface area contributed by atoms with Gasteiger partial charge in [0.15, 0.2) is 6.61 Å². The fourth-order valence-corrected chi connectivity index (χ4v) is 3.55. The number of ether oxygens (including phenoxy) is 1. The zero-order valence-corrected chi connectivity index (χ0v) is 19.6. The number of hydrogen-bond donors (Lipinski definition) is 2. The van der Waals surface area contributed by atoms with E-state index < -0.39 is 28.7 Å². The first-order valence-electron chi connectivity index (χ1n) is 10.7. The lowest BCUT2D eigenvalue weighted by Crippen LogP contribution is -2.54. The van der Waals surface area contributed by atoms with E-state index in [1.165, 1.54) is 36.4 Å². The lowest BCUT2D eigenvalue weighted by atomic mass is 10.1. The molecule has 1 aliphatic heterocycles. The minimum atomic E-state index is -1.02. The normalized spacial score (nSPS) is 14.4. The Morgan fingerprint density at radius 2 is 1.78 bits per heavy atom. The predicted octanol–water partition coefficient (Wildman–Crippen LogP) is 3.93. The first kappa shape index (κ1) is 25.1. The van der Waals surface area contributed by atoms with Crippen LogP contribution < -0.4 is 20.3 Å². The summed E-state index contributed by atoms with van der Waals surface area (Å²) in [6, 6.07) is 16.8. The number of hydrogen-bond acceptors (Lipinski definition) is 7. The van der Waals surface area contributed by atoms with E-state index in [4.69, 9.17) is 16.3 Å². The Bertz CT molecular complexity index is 1450. The van der Waals surface area contributed by atoms with E-state index in [1.807, 2.05) is 0 Å². The number of rotatable bonds is 7. The topological polar surface area (TPSA) is 148 Å². The van der Waals surface area contributed by atoms with Gasteiger partial charge in [0.2, 0.25) is 0 Å². The average Bonchev–Trinajstić information content (AvgIpc) is 2.87. The summed E-state index contributed by atoms with van der Waals surface area (Å²) < 4.78 is 5.46. The molecule has 1 saturated heterocycles. The molecule has 0 aliphatic carbocycles. The van der Waals surface area contributed by atoms with Gasteiger partial charge < -0.3 is 10.1 Å². The Hall–Kier alpha value is -5.03. The molecule has 1 fully saturated rings. The maximum absolute atomic E-state index is 13.0. The molecule has 12 heteroatoms. The molecule has 0 aromatic heterocycles. The van der Waals surface area contributed by atoms with E-state index in [2.05, 4.69) is 10.6 Å². The SMILES string of the molecule is O=C(COc1ccc(/C=C2/C(=O)NC(=O)N(c3cccc([N+](=O)[O-])c3)C2=O)cc1)Nc1ccccc1Cl. The van der Waals surface area contributed by atoms with Gasteiger partial charge in [-0.2, -0.15) is 0 Å². The van der Waals surface area contributed by atoms with E-state index >= 15 is 0 Å². The highest BCUT2D eigenvalue weighted by Crippen LogP contribution is 2.26. The summed E-state index contributed by atoms with van der Waals surface area (Å²) in [5, 5.41) is 16.1. The van der Waals surface area contributed by atoms with Crippen LogP contribution in [0.3, 0.4) is 0 Å². The number of nitro benzene ring substituents is 1. The second-order valence-corrected chi connectivity index (χ2v) is 8.03. The van der Waals surface area contributed by atoms with Crippen LogP contribution in [0.15, 0.2) is 78.4 Å². The number of para-hydroxylation sites is 1. The maximum Gasteiger partial charge on any atom is 0.335 e. The Morgan fingerprint density at radius 3 is 2.49 bits per heavy atom. The molecule has 1 aliphatic rings. The third-order valence-electron chi connectivity index (χ3n) is 5.11. The number of nitrogens with zero attached hydrogens (tertiary/aromatic N) is 2. The summed E-state index contributed by atoms with van der Waals surface area (Å²) in [7, 11) is 0. The first-order chi connectivity index (χ1) is 17.7. The minimum absolute atomic E-state index is 0.0612. The largest absolute Gasteiger partial charge is 0.484 e. The van der Waals surface area contributed by atoms with Crippen LogP contribution in [0.25, 0.3) is 6.08 Å². The van der Waals surface area contributed by atoms with Crippen molar-refractivity contribution in [1.82, 2.24) is 5.32 Å². The Balaban J connectivity index is 1.46. The molecule has 37 heavy (non-hydrogen) atoms. The van der Waals surface area contributed by atoms with Gasteiger partial charge in [-0.05, 0) is 42.0 Å². The van der Waals surface area contributed by atoms with Gasteiger partial charge in [-0.15, -0.1) is 0 Å². The van der Waals surface area contributed by atoms with Crippen molar-refractivity contribution in [3.05, 3.63) is 99.1 Å². The van der Waals surface area contributed by atoms with Crippen molar-refractivity contribution in [2.75, 3.05) is 16.8 Å². The van der Waals surface area contributed by atoms with Gasteiger partial charge in [0, 0.05) is 12.1 Å². The Kier molecular flexibility index (Phi) is 7.26. The van der Waals surface area contributed by atoms with Crippen molar-refractivity contribution < 1.29 is 28.8 Å². The van der Waals surface area contributed by atoms with Crippen LogP contribution >= 0.6 is 11.6 Å². The fraction of sp³-hybridized carbons (Fsp3) is 0.0400. The first-order valence-corrected chi connectivity index (χ1v) is 11.0. The van der Waals surface area contributed by atoms with E-state index in [9.17, 15) is 29.3 Å². The zero-order chi connectivity index (χ0) is 26.5. The lowest BCUT2D eigenvalue weighted by Gasteiger charge is -2.26. The number of carbonyl (C=O) groups excluding carboxylic acids is 4. The van der Waals surface area contributed by atoms with Crippen molar-refractivity contribution in [3.8, 4) is 5.75 Å². The molecule has 0 radical (unpaired) electrons. The van der Waals surface area contributed by atoms with Crippen LogP contribution in [-0.2, 0) is 14.4 Å². The number of urea groups is 1. The molecule has 3 aromatic carbocycles. The number of benzene rings is 3. The fourth-order valence-electron chi connectivity index (χ4n) is 3.36. The summed E-state index contributed by atoms with van der Waals surface area (Å²) in [4.78, 5) is 60.8. The molecule has 4 rings (SSSR count). The van der Waals surface area contributed by atoms with Gasteiger partial charge >= 0.3 is 6.03 Å². The van der Waals surface area contributed by atoms with Gasteiger partial charge in [0.1, 0.15) is 11.3 Å². The molecular formula is C25H17ClN4O7. The Labute approximate surface area is 214 Å². The number of non-ortho nitro benzene ring substituents is 1. The van der Waals surface area contributed by atoms with Crippen molar-refractivity contribution >= 4 is 58.5 Å². The molecule has 186 valence electrons. The third kappa shape index (κ3) is 5.80. The molecule has 2 N–H and O–H groups in total. The molecule has 0 saturated carbocycles. The summed E-state index contributed by atoms with van der Waals surface area (Å²) in [5.74, 6) is -1.92. The molecule has 0 spiro atoms. The van der Waals surface area contributed by atoms with Crippen LogP contribution in [0, 0.1) is 10.1 Å². The number of carbonyl (C=O) groups is 4. The molecule has 0 atom stereocenters. The highest BCUT2D eigenvalue weighted by atomic mass is 35.5. The quantitative estimate of drug-likeness (QED) is 0.207. The smallest absolute Gasteiger partial charge is 0.335 e. The van der Waals surface area contributed by atoms with Crippen LogP contribution in [-0.4, -0.2) is 35.3 Å². The van der Waals surface area contributed by atoms with Crippen LogP contribution in [0.4, 0.5) is 21.9 Å². The van der Waals surface area contributed by atoms with E-state index in [-0.39, 0.29) is 23.6 Å². The van der Waals surface area contributed by atoms with Crippen LogP contribution in [0.5, 0.6) is 5.75 Å². The number of barbiturate groups is 1. The van der Waals surface area contributed by atoms with Crippen molar-refractivity contribution in [3.63, 3.8) is 0 Å². The number of imide groups is 2. The van der Waals surface area contributed by atoms with E-state index in [0.717, 1.165) is 6.07 Å². The number of anilines is 2. The number of amides is 5. The summed E-state index contributed by atoms with van der Waals surface area (Å²) in [6.45, 7) is -0.285. The minimum Gasteiger partial charge on any atom is -0.484 e. The Morgan fingerprint density at radius 1 is 1.05 bits per heavy atom. The standard InChI is InChI=1S/C25H17ClN4O7/c26-20-6-1-2-7-21(20)27-22(31)14-37-18-10-8-15(9-11-18)12-19-23(32)28-25(34)29(24(19)33)16-4-3-5-17(13-16)30(35)36/h1-13H,14H2,(H,27,31)(H,28,32,34)/b19-12-. The van der Waals surface area contributed by atoms with Crippen molar-refractivity contribution in [2.24, 2.45) is 0 Å². The summed E-state index contributed by atoms with van der Waals surface area (Å²) >= 11 is 6.01. The molecular weight excluding hydrogens is 504 g/mol. The monoisotopic (exact) mass is 520 g/mol. The zero-order valence-electron chi connectivity index (χ0n) is 18.8. The molecule has 1 heterocycles. The van der Waals surface area contributed by atoms with E-state index in [0.29, 0.717) is 26.9 Å². The second-order valence-electron chi connectivity index (χ2n) is 7.62. The molecule has 5 amide bonds. The second kappa shape index (κ2) is 10.7. The van der Waals surface area contributed by atoms with Gasteiger partial charge in [0.25, 0.3) is 23.4 Å². The van der Waals surface area contributed by atoms with Crippen LogP contribution in [0.1, 0.15) is 5.56 Å². The molecule has 0 unspecified atom stereocenters. The van der Waals surface area contributed by atoms with Gasteiger partial charge in [-0.3, -0.25) is 29.8 Å².